The van der Waals surface area contributed by atoms with Gasteiger partial charge in [0.05, 0.1) is 6.04 Å². The normalized spacial score (nSPS) is 24.4. The van der Waals surface area contributed by atoms with Gasteiger partial charge in [-0.15, -0.1) is 0 Å². The number of carbonyl (C=O) groups is 2. The minimum atomic E-state index is -0.250. The number of rotatable bonds is 4. The molecule has 0 bridgehead atoms. The number of hydrogen-bond donors (Lipinski definition) is 2. The molecule has 4 heteroatoms. The Balaban J connectivity index is 1.73. The molecule has 1 saturated heterocycles. The van der Waals surface area contributed by atoms with Crippen LogP contribution in [0.4, 0.5) is 0 Å². The summed E-state index contributed by atoms with van der Waals surface area (Å²) in [7, 11) is 0. The van der Waals surface area contributed by atoms with Crippen LogP contribution >= 0.6 is 0 Å². The van der Waals surface area contributed by atoms with Gasteiger partial charge in [-0.2, -0.15) is 0 Å². The first-order chi connectivity index (χ1) is 9.63. The van der Waals surface area contributed by atoms with Crippen molar-refractivity contribution in [3.8, 4) is 0 Å². The molecule has 0 spiro atoms. The van der Waals surface area contributed by atoms with Gasteiger partial charge in [0.15, 0.2) is 0 Å². The van der Waals surface area contributed by atoms with E-state index < -0.39 is 0 Å². The summed E-state index contributed by atoms with van der Waals surface area (Å²) in [4.78, 5) is 23.1. The number of imide groups is 1. The van der Waals surface area contributed by atoms with E-state index in [2.05, 4.69) is 41.8 Å². The quantitative estimate of drug-likeness (QED) is 0.822. The third-order valence-corrected chi connectivity index (χ3v) is 4.15. The topological polar surface area (TPSA) is 58.2 Å². The molecule has 1 heterocycles. The number of amides is 2. The summed E-state index contributed by atoms with van der Waals surface area (Å²) in [5, 5.41) is 5.87. The Labute approximate surface area is 118 Å². The standard InChI is InChI=1S/C16H20N2O2/c1-10-2-4-11(5-3-10)15(12-6-7-12)17-13-8-9-14(19)18-16(13)20/h2-5,12-13,15,17H,6-9H2,1H3,(H,18,19,20). The molecule has 1 saturated carbocycles. The van der Waals surface area contributed by atoms with Crippen LogP contribution < -0.4 is 10.6 Å². The number of piperidine rings is 1. The van der Waals surface area contributed by atoms with Crippen molar-refractivity contribution in [1.82, 2.24) is 10.6 Å². The molecule has 3 rings (SSSR count). The van der Waals surface area contributed by atoms with Crippen LogP contribution in [-0.2, 0) is 9.59 Å². The first-order valence-corrected chi connectivity index (χ1v) is 7.30. The van der Waals surface area contributed by atoms with E-state index in [9.17, 15) is 9.59 Å². The molecule has 2 atom stereocenters. The van der Waals surface area contributed by atoms with E-state index in [0.717, 1.165) is 0 Å². The highest BCUT2D eigenvalue weighted by Crippen LogP contribution is 2.41. The minimum absolute atomic E-state index is 0.161. The predicted molar refractivity (Wildman–Crippen MR) is 76.0 cm³/mol. The summed E-state index contributed by atoms with van der Waals surface area (Å²) < 4.78 is 0. The second kappa shape index (κ2) is 5.37. The lowest BCUT2D eigenvalue weighted by molar-refractivity contribution is -0.134. The minimum Gasteiger partial charge on any atom is -0.299 e. The average Bonchev–Trinajstić information content (AvgIpc) is 3.24. The van der Waals surface area contributed by atoms with Crippen LogP contribution in [0.2, 0.25) is 0 Å². The molecule has 1 aromatic rings. The van der Waals surface area contributed by atoms with E-state index in [0.29, 0.717) is 18.8 Å². The summed E-state index contributed by atoms with van der Waals surface area (Å²) in [5.74, 6) is 0.272. The molecule has 4 nitrogen and oxygen atoms in total. The molecular weight excluding hydrogens is 252 g/mol. The van der Waals surface area contributed by atoms with Gasteiger partial charge in [0.2, 0.25) is 11.8 Å². The molecule has 0 radical (unpaired) electrons. The van der Waals surface area contributed by atoms with E-state index in [1.54, 1.807) is 0 Å². The highest BCUT2D eigenvalue weighted by Gasteiger charge is 2.36. The van der Waals surface area contributed by atoms with E-state index in [-0.39, 0.29) is 23.9 Å². The van der Waals surface area contributed by atoms with E-state index in [1.165, 1.54) is 24.0 Å². The fourth-order valence-corrected chi connectivity index (χ4v) is 2.78. The summed E-state index contributed by atoms with van der Waals surface area (Å²) in [6.07, 6.45) is 3.44. The summed E-state index contributed by atoms with van der Waals surface area (Å²) in [6.45, 7) is 2.07. The maximum atomic E-state index is 11.9. The molecule has 2 aliphatic rings. The first-order valence-electron chi connectivity index (χ1n) is 7.30. The monoisotopic (exact) mass is 272 g/mol. The Morgan fingerprint density at radius 2 is 1.85 bits per heavy atom. The van der Waals surface area contributed by atoms with Gasteiger partial charge in [0.25, 0.3) is 0 Å². The van der Waals surface area contributed by atoms with Crippen LogP contribution in [0.5, 0.6) is 0 Å². The molecular formula is C16H20N2O2. The van der Waals surface area contributed by atoms with Crippen molar-refractivity contribution >= 4 is 11.8 Å². The smallest absolute Gasteiger partial charge is 0.243 e. The molecule has 2 fully saturated rings. The van der Waals surface area contributed by atoms with Gasteiger partial charge < -0.3 is 0 Å². The SMILES string of the molecule is Cc1ccc(C(NC2CCC(=O)NC2=O)C2CC2)cc1. The fraction of sp³-hybridized carbons (Fsp3) is 0.500. The Hall–Kier alpha value is -1.68. The molecule has 2 amide bonds. The van der Waals surface area contributed by atoms with Gasteiger partial charge in [-0.05, 0) is 37.7 Å². The largest absolute Gasteiger partial charge is 0.299 e. The Kier molecular flexibility index (Phi) is 3.57. The van der Waals surface area contributed by atoms with Crippen LogP contribution in [-0.4, -0.2) is 17.9 Å². The van der Waals surface area contributed by atoms with E-state index in [1.807, 2.05) is 0 Å². The van der Waals surface area contributed by atoms with Crippen molar-refractivity contribution in [3.05, 3.63) is 35.4 Å². The summed E-state index contributed by atoms with van der Waals surface area (Å²) in [5.41, 5.74) is 2.48. The molecule has 2 N–H and O–H groups in total. The van der Waals surface area contributed by atoms with Crippen LogP contribution in [0.3, 0.4) is 0 Å². The molecule has 20 heavy (non-hydrogen) atoms. The second-order valence-corrected chi connectivity index (χ2v) is 5.90. The zero-order valence-electron chi connectivity index (χ0n) is 11.7. The number of benzene rings is 1. The molecule has 0 aromatic heterocycles. The van der Waals surface area contributed by atoms with E-state index in [4.69, 9.17) is 0 Å². The van der Waals surface area contributed by atoms with Crippen molar-refractivity contribution in [2.75, 3.05) is 0 Å². The maximum absolute atomic E-state index is 11.9. The molecule has 1 aliphatic carbocycles. The van der Waals surface area contributed by atoms with Gasteiger partial charge >= 0.3 is 0 Å². The molecule has 2 unspecified atom stereocenters. The van der Waals surface area contributed by atoms with Crippen molar-refractivity contribution in [2.24, 2.45) is 5.92 Å². The number of carbonyl (C=O) groups excluding carboxylic acids is 2. The Bertz CT molecular complexity index is 520. The number of hydrogen-bond acceptors (Lipinski definition) is 3. The molecule has 106 valence electrons. The number of nitrogens with one attached hydrogen (secondary N) is 2. The Morgan fingerprint density at radius 3 is 2.45 bits per heavy atom. The van der Waals surface area contributed by atoms with Crippen molar-refractivity contribution in [1.29, 1.82) is 0 Å². The average molecular weight is 272 g/mol. The van der Waals surface area contributed by atoms with Crippen LogP contribution in [0, 0.1) is 12.8 Å². The fourth-order valence-electron chi connectivity index (χ4n) is 2.78. The van der Waals surface area contributed by atoms with Gasteiger partial charge in [-0.25, -0.2) is 0 Å². The van der Waals surface area contributed by atoms with Gasteiger partial charge in [0, 0.05) is 12.5 Å². The van der Waals surface area contributed by atoms with Crippen LogP contribution in [0.15, 0.2) is 24.3 Å². The van der Waals surface area contributed by atoms with E-state index >= 15 is 0 Å². The third-order valence-electron chi connectivity index (χ3n) is 4.15. The van der Waals surface area contributed by atoms with Gasteiger partial charge in [-0.1, -0.05) is 29.8 Å². The highest BCUT2D eigenvalue weighted by molar-refractivity contribution is 6.00. The van der Waals surface area contributed by atoms with Gasteiger partial charge in [0.1, 0.15) is 0 Å². The number of aryl methyl sites for hydroxylation is 1. The summed E-state index contributed by atoms with van der Waals surface area (Å²) >= 11 is 0. The lowest BCUT2D eigenvalue weighted by Crippen LogP contribution is -2.51. The van der Waals surface area contributed by atoms with Crippen LogP contribution in [0.25, 0.3) is 0 Å². The lowest BCUT2D eigenvalue weighted by Gasteiger charge is -2.28. The molecule has 1 aliphatic heterocycles. The van der Waals surface area contributed by atoms with Crippen molar-refractivity contribution in [3.63, 3.8) is 0 Å². The van der Waals surface area contributed by atoms with Crippen molar-refractivity contribution in [2.45, 2.75) is 44.7 Å². The van der Waals surface area contributed by atoms with Gasteiger partial charge in [-0.3, -0.25) is 20.2 Å². The maximum Gasteiger partial charge on any atom is 0.243 e. The zero-order valence-corrected chi connectivity index (χ0v) is 11.7. The predicted octanol–water partition coefficient (Wildman–Crippen LogP) is 1.84. The zero-order chi connectivity index (χ0) is 14.1. The summed E-state index contributed by atoms with van der Waals surface area (Å²) in [6, 6.07) is 8.46. The first kappa shape index (κ1) is 13.3. The van der Waals surface area contributed by atoms with Crippen LogP contribution in [0.1, 0.15) is 42.9 Å². The Morgan fingerprint density at radius 1 is 1.15 bits per heavy atom. The third kappa shape index (κ3) is 2.90. The van der Waals surface area contributed by atoms with Crippen molar-refractivity contribution < 1.29 is 9.59 Å². The lowest BCUT2D eigenvalue weighted by atomic mass is 9.98. The molecule has 1 aromatic carbocycles. The highest BCUT2D eigenvalue weighted by atomic mass is 16.2. The second-order valence-electron chi connectivity index (χ2n) is 5.90.